The molecule has 3 N–H and O–H groups in total. The van der Waals surface area contributed by atoms with Crippen LogP contribution < -0.4 is 10.6 Å². The van der Waals surface area contributed by atoms with Crippen molar-refractivity contribution in [2.75, 3.05) is 18.4 Å². The number of alkyl halides is 3. The van der Waals surface area contributed by atoms with E-state index in [2.05, 4.69) is 17.2 Å². The third-order valence-electron chi connectivity index (χ3n) is 5.90. The number of anilines is 1. The smallest absolute Gasteiger partial charge is 0.359 e. The second-order valence-corrected chi connectivity index (χ2v) is 9.29. The zero-order valence-corrected chi connectivity index (χ0v) is 20.9. The third-order valence-corrected chi connectivity index (χ3v) is 6.15. The summed E-state index contributed by atoms with van der Waals surface area (Å²) in [6.07, 6.45) is -2.79. The van der Waals surface area contributed by atoms with Gasteiger partial charge >= 0.3 is 12.2 Å². The Hall–Kier alpha value is -3.26. The lowest BCUT2D eigenvalue weighted by molar-refractivity contribution is -0.135. The molecule has 0 fully saturated rings. The molecule has 2 aromatic rings. The Morgan fingerprint density at radius 3 is 2.56 bits per heavy atom. The van der Waals surface area contributed by atoms with Crippen molar-refractivity contribution in [2.45, 2.75) is 45.2 Å². The fourth-order valence-electron chi connectivity index (χ4n) is 3.98. The lowest BCUT2D eigenvalue weighted by atomic mass is 9.90. The fraction of sp³-hybridized carbons (Fsp3) is 0.333. The van der Waals surface area contributed by atoms with Gasteiger partial charge in [0.1, 0.15) is 5.84 Å². The Labute approximate surface area is 214 Å². The van der Waals surface area contributed by atoms with Crippen LogP contribution in [0.5, 0.6) is 0 Å². The van der Waals surface area contributed by atoms with Crippen LogP contribution in [0.25, 0.3) is 0 Å². The van der Waals surface area contributed by atoms with E-state index in [4.69, 9.17) is 17.0 Å². The number of benzene rings is 2. The molecule has 2 amide bonds. The predicted octanol–water partition coefficient (Wildman–Crippen LogP) is 7.43. The molecule has 1 aliphatic carbocycles. The van der Waals surface area contributed by atoms with E-state index in [1.165, 1.54) is 24.3 Å². The quantitative estimate of drug-likeness (QED) is 0.193. The highest BCUT2D eigenvalue weighted by atomic mass is 35.5. The highest BCUT2D eigenvalue weighted by Gasteiger charge is 2.30. The Kier molecular flexibility index (Phi) is 9.20. The molecule has 0 aliphatic heterocycles. The van der Waals surface area contributed by atoms with Crippen molar-refractivity contribution < 1.29 is 18.0 Å². The minimum absolute atomic E-state index is 0.232. The summed E-state index contributed by atoms with van der Waals surface area (Å²) in [4.78, 5) is 13.7. The highest BCUT2D eigenvalue weighted by molar-refractivity contribution is 6.30. The number of hydrogen-bond donors (Lipinski definition) is 3. The molecule has 5 nitrogen and oxygen atoms in total. The van der Waals surface area contributed by atoms with Gasteiger partial charge < -0.3 is 10.6 Å². The summed E-state index contributed by atoms with van der Waals surface area (Å²) in [5.41, 5.74) is 5.69. The molecule has 36 heavy (non-hydrogen) atoms. The van der Waals surface area contributed by atoms with E-state index in [-0.39, 0.29) is 12.4 Å². The van der Waals surface area contributed by atoms with Crippen molar-refractivity contribution in [3.63, 3.8) is 0 Å². The SMILES string of the molecule is C=C1CCC(CCNC(=O)N(CCC(F)(F)F)C(=N)c2ccc(Cl)cc2)=C(Nc2cccc(C)c2)C1. The zero-order valence-electron chi connectivity index (χ0n) is 20.1. The maximum Gasteiger partial charge on any atom is 0.390 e. The maximum absolute atomic E-state index is 12.9. The van der Waals surface area contributed by atoms with E-state index in [9.17, 15) is 18.0 Å². The number of carbonyl (C=O) groups is 1. The van der Waals surface area contributed by atoms with Gasteiger partial charge in [0.05, 0.1) is 6.42 Å². The van der Waals surface area contributed by atoms with Crippen molar-refractivity contribution in [3.8, 4) is 0 Å². The normalized spacial score (nSPS) is 14.0. The molecule has 0 bridgehead atoms. The lowest BCUT2D eigenvalue weighted by Crippen LogP contribution is -2.45. The number of amides is 2. The summed E-state index contributed by atoms with van der Waals surface area (Å²) < 4.78 is 38.7. The number of halogens is 4. The summed E-state index contributed by atoms with van der Waals surface area (Å²) >= 11 is 5.87. The van der Waals surface area contributed by atoms with Gasteiger partial charge in [-0.1, -0.05) is 35.9 Å². The number of aryl methyl sites for hydroxylation is 1. The molecule has 0 aromatic heterocycles. The molecule has 0 spiro atoms. The molecule has 0 heterocycles. The maximum atomic E-state index is 12.9. The summed E-state index contributed by atoms with van der Waals surface area (Å²) in [6, 6.07) is 13.3. The van der Waals surface area contributed by atoms with E-state index < -0.39 is 25.2 Å². The average Bonchev–Trinajstić information content (AvgIpc) is 2.80. The second kappa shape index (κ2) is 12.1. The van der Waals surface area contributed by atoms with Gasteiger partial charge in [0.15, 0.2) is 0 Å². The van der Waals surface area contributed by atoms with Crippen LogP contribution in [0.15, 0.2) is 72.0 Å². The van der Waals surface area contributed by atoms with Crippen LogP contribution in [0.2, 0.25) is 5.02 Å². The molecular formula is C27H30ClF3N4O. The van der Waals surface area contributed by atoms with Crippen molar-refractivity contribution in [1.82, 2.24) is 10.2 Å². The van der Waals surface area contributed by atoms with E-state index >= 15 is 0 Å². The molecule has 1 aliphatic rings. The first-order valence-electron chi connectivity index (χ1n) is 11.7. The van der Waals surface area contributed by atoms with Gasteiger partial charge in [-0.25, -0.2) is 4.79 Å². The molecular weight excluding hydrogens is 489 g/mol. The summed E-state index contributed by atoms with van der Waals surface area (Å²) in [5, 5.41) is 14.9. The number of carbonyl (C=O) groups excluding carboxylic acids is 1. The molecule has 0 saturated heterocycles. The number of allylic oxidation sites excluding steroid dienone is 1. The molecule has 0 radical (unpaired) electrons. The number of rotatable bonds is 8. The topological polar surface area (TPSA) is 68.2 Å². The molecule has 0 saturated carbocycles. The van der Waals surface area contributed by atoms with E-state index in [0.717, 1.165) is 45.8 Å². The van der Waals surface area contributed by atoms with Gasteiger partial charge in [-0.2, -0.15) is 13.2 Å². The molecule has 9 heteroatoms. The van der Waals surface area contributed by atoms with E-state index in [1.807, 2.05) is 31.2 Å². The Balaban J connectivity index is 1.69. The number of amidine groups is 1. The molecule has 0 unspecified atom stereocenters. The Morgan fingerprint density at radius 1 is 1.17 bits per heavy atom. The number of hydrogen-bond acceptors (Lipinski definition) is 3. The lowest BCUT2D eigenvalue weighted by Gasteiger charge is -2.26. The number of nitrogens with zero attached hydrogens (tertiary/aromatic N) is 1. The third kappa shape index (κ3) is 8.16. The van der Waals surface area contributed by atoms with Gasteiger partial charge in [0.25, 0.3) is 0 Å². The van der Waals surface area contributed by atoms with Gasteiger partial charge in [-0.3, -0.25) is 10.3 Å². The first-order valence-corrected chi connectivity index (χ1v) is 12.1. The Bertz CT molecular complexity index is 1140. The van der Waals surface area contributed by atoms with Crippen LogP contribution in [0.3, 0.4) is 0 Å². The number of nitrogens with one attached hydrogen (secondary N) is 3. The first-order chi connectivity index (χ1) is 17.0. The van der Waals surface area contributed by atoms with Gasteiger partial charge in [0.2, 0.25) is 0 Å². The highest BCUT2D eigenvalue weighted by Crippen LogP contribution is 2.31. The van der Waals surface area contributed by atoms with Crippen LogP contribution in [0.4, 0.5) is 23.7 Å². The van der Waals surface area contributed by atoms with Crippen LogP contribution in [0, 0.1) is 12.3 Å². The summed E-state index contributed by atoms with van der Waals surface area (Å²) in [7, 11) is 0. The molecule has 3 rings (SSSR count). The summed E-state index contributed by atoms with van der Waals surface area (Å²) in [6.45, 7) is 5.70. The van der Waals surface area contributed by atoms with Crippen LogP contribution in [-0.2, 0) is 0 Å². The Morgan fingerprint density at radius 2 is 1.89 bits per heavy atom. The van der Waals surface area contributed by atoms with Crippen molar-refractivity contribution >= 4 is 29.2 Å². The monoisotopic (exact) mass is 518 g/mol. The standard InChI is InChI=1S/C27H30ClF3N4O/c1-18-4-3-5-23(16-18)34-24-17-19(2)6-7-20(24)12-14-33-26(36)35(15-13-27(29,30)31)25(32)21-8-10-22(28)11-9-21/h3-5,8-11,16,32,34H,2,6-7,12-15,17H2,1H3,(H,33,36). The van der Waals surface area contributed by atoms with Crippen molar-refractivity contribution in [1.29, 1.82) is 5.41 Å². The van der Waals surface area contributed by atoms with Gasteiger partial charge in [-0.05, 0) is 73.7 Å². The van der Waals surface area contributed by atoms with Crippen LogP contribution >= 0.6 is 11.6 Å². The van der Waals surface area contributed by atoms with Gasteiger partial charge in [-0.15, -0.1) is 0 Å². The van der Waals surface area contributed by atoms with Crippen molar-refractivity contribution in [2.24, 2.45) is 0 Å². The van der Waals surface area contributed by atoms with E-state index in [0.29, 0.717) is 23.4 Å². The average molecular weight is 519 g/mol. The number of urea groups is 1. The minimum Gasteiger partial charge on any atom is -0.359 e. The van der Waals surface area contributed by atoms with Crippen molar-refractivity contribution in [3.05, 3.63) is 88.1 Å². The predicted molar refractivity (Wildman–Crippen MR) is 138 cm³/mol. The van der Waals surface area contributed by atoms with E-state index in [1.54, 1.807) is 0 Å². The summed E-state index contributed by atoms with van der Waals surface area (Å²) in [5.74, 6) is -0.316. The zero-order chi connectivity index (χ0) is 26.3. The largest absolute Gasteiger partial charge is 0.390 e. The minimum atomic E-state index is -4.45. The van der Waals surface area contributed by atoms with Crippen LogP contribution in [0.1, 0.15) is 43.2 Å². The molecule has 0 atom stereocenters. The van der Waals surface area contributed by atoms with Gasteiger partial charge in [0, 0.05) is 41.5 Å². The first kappa shape index (κ1) is 27.3. The van der Waals surface area contributed by atoms with Crippen LogP contribution in [-0.4, -0.2) is 36.0 Å². The fourth-order valence-corrected chi connectivity index (χ4v) is 4.11. The molecule has 2 aromatic carbocycles. The second-order valence-electron chi connectivity index (χ2n) is 8.86. The molecule has 192 valence electrons.